The monoisotopic (exact) mass is 551 g/mol. The van der Waals surface area contributed by atoms with Crippen LogP contribution in [0.15, 0.2) is 54.6 Å². The van der Waals surface area contributed by atoms with Crippen LogP contribution in [0.3, 0.4) is 0 Å². The molecule has 0 bridgehead atoms. The fourth-order valence-electron chi connectivity index (χ4n) is 6.93. The number of carbonyl (C=O) groups excluding carboxylic acids is 3. The first-order valence-corrected chi connectivity index (χ1v) is 15.3. The van der Waals surface area contributed by atoms with Gasteiger partial charge in [0.2, 0.25) is 17.7 Å². The zero-order chi connectivity index (χ0) is 27.7. The van der Waals surface area contributed by atoms with Gasteiger partial charge in [-0.1, -0.05) is 76.1 Å². The smallest absolute Gasteiger partial charge is 0.247 e. The van der Waals surface area contributed by atoms with E-state index in [0.717, 1.165) is 24.9 Å². The standard InChI is InChI=1S/C31H41N3O4S/c1-4-5-9-16-32-17-11-15-31-26(29(37)34(27(31)30(32)38)23(20-35)19-21(2)3)25-24(39-31)14-10-18-33(28(25)36)22-12-7-6-8-13-22/h6-8,10-15,21,23-27,35H,4-5,9,16-20H2,1-3H3/t23-,24+,25-,26+,27?,31+/m1/s1. The van der Waals surface area contributed by atoms with E-state index in [0.29, 0.717) is 26.1 Å². The number of thioether (sulfide) groups is 1. The molecule has 1 aromatic carbocycles. The molecule has 0 aromatic heterocycles. The van der Waals surface area contributed by atoms with E-state index in [-0.39, 0.29) is 35.5 Å². The number of aliphatic hydroxyl groups excluding tert-OH is 1. The van der Waals surface area contributed by atoms with Crippen molar-refractivity contribution in [1.29, 1.82) is 0 Å². The van der Waals surface area contributed by atoms with E-state index in [4.69, 9.17) is 0 Å². The van der Waals surface area contributed by atoms with E-state index in [2.05, 4.69) is 32.9 Å². The van der Waals surface area contributed by atoms with E-state index >= 15 is 0 Å². The maximum atomic E-state index is 14.5. The Kier molecular flexibility index (Phi) is 8.24. The number of amides is 3. The van der Waals surface area contributed by atoms with Crippen molar-refractivity contribution >= 4 is 35.2 Å². The molecule has 1 aromatic rings. The number of carbonyl (C=O) groups is 3. The Morgan fingerprint density at radius 1 is 1.03 bits per heavy atom. The zero-order valence-electron chi connectivity index (χ0n) is 23.2. The average Bonchev–Trinajstić information content (AvgIpc) is 3.25. The molecule has 5 rings (SSSR count). The molecule has 2 saturated heterocycles. The van der Waals surface area contributed by atoms with Crippen molar-refractivity contribution in [1.82, 2.24) is 9.80 Å². The average molecular weight is 552 g/mol. The summed E-state index contributed by atoms with van der Waals surface area (Å²) in [5.74, 6) is -1.33. The number of aliphatic hydroxyl groups is 1. The fraction of sp³-hybridized carbons (Fsp3) is 0.581. The second kappa shape index (κ2) is 11.5. The molecule has 2 fully saturated rings. The van der Waals surface area contributed by atoms with Gasteiger partial charge in [0, 0.05) is 30.6 Å². The zero-order valence-corrected chi connectivity index (χ0v) is 24.1. The molecule has 6 atom stereocenters. The second-order valence-electron chi connectivity index (χ2n) is 11.7. The van der Waals surface area contributed by atoms with Gasteiger partial charge in [0.15, 0.2) is 0 Å². The van der Waals surface area contributed by atoms with Crippen LogP contribution >= 0.6 is 11.8 Å². The van der Waals surface area contributed by atoms with Crippen LogP contribution < -0.4 is 4.90 Å². The molecule has 0 saturated carbocycles. The number of hydrogen-bond donors (Lipinski definition) is 1. The van der Waals surface area contributed by atoms with Crippen molar-refractivity contribution in [2.24, 2.45) is 17.8 Å². The molecule has 39 heavy (non-hydrogen) atoms. The van der Waals surface area contributed by atoms with Gasteiger partial charge in [-0.15, -0.1) is 11.8 Å². The highest BCUT2D eigenvalue weighted by atomic mass is 32.2. The predicted octanol–water partition coefficient (Wildman–Crippen LogP) is 3.88. The summed E-state index contributed by atoms with van der Waals surface area (Å²) in [5.41, 5.74) is 0.806. The van der Waals surface area contributed by atoms with Gasteiger partial charge in [-0.25, -0.2) is 0 Å². The lowest BCUT2D eigenvalue weighted by Gasteiger charge is -2.39. The van der Waals surface area contributed by atoms with Crippen LogP contribution in [-0.2, 0) is 14.4 Å². The minimum absolute atomic E-state index is 0.0607. The molecule has 4 aliphatic heterocycles. The maximum absolute atomic E-state index is 14.5. The van der Waals surface area contributed by atoms with Gasteiger partial charge >= 0.3 is 0 Å². The molecule has 1 unspecified atom stereocenters. The Morgan fingerprint density at radius 2 is 1.79 bits per heavy atom. The van der Waals surface area contributed by atoms with Gasteiger partial charge in [-0.3, -0.25) is 14.4 Å². The summed E-state index contributed by atoms with van der Waals surface area (Å²) in [6.45, 7) is 7.65. The quantitative estimate of drug-likeness (QED) is 0.372. The Morgan fingerprint density at radius 3 is 2.49 bits per heavy atom. The molecular formula is C31H41N3O4S. The van der Waals surface area contributed by atoms with Crippen molar-refractivity contribution in [2.45, 2.75) is 68.5 Å². The summed E-state index contributed by atoms with van der Waals surface area (Å²) >= 11 is 1.60. The molecule has 4 heterocycles. The van der Waals surface area contributed by atoms with E-state index in [9.17, 15) is 19.5 Å². The Labute approximate surface area is 236 Å². The van der Waals surface area contributed by atoms with E-state index in [1.807, 2.05) is 47.4 Å². The minimum atomic E-state index is -0.854. The van der Waals surface area contributed by atoms with Crippen molar-refractivity contribution in [3.63, 3.8) is 0 Å². The summed E-state index contributed by atoms with van der Waals surface area (Å²) in [5, 5.41) is 10.3. The van der Waals surface area contributed by atoms with Crippen molar-refractivity contribution < 1.29 is 19.5 Å². The first kappa shape index (κ1) is 28.0. The van der Waals surface area contributed by atoms with Gasteiger partial charge in [0.05, 0.1) is 29.2 Å². The number of benzene rings is 1. The largest absolute Gasteiger partial charge is 0.394 e. The Balaban J connectivity index is 1.58. The van der Waals surface area contributed by atoms with Gasteiger partial charge in [0.25, 0.3) is 0 Å². The van der Waals surface area contributed by atoms with Crippen LogP contribution in [0.2, 0.25) is 0 Å². The van der Waals surface area contributed by atoms with Crippen LogP contribution in [0.5, 0.6) is 0 Å². The number of para-hydroxylation sites is 1. The highest BCUT2D eigenvalue weighted by molar-refractivity contribution is 8.02. The third-order valence-electron chi connectivity index (χ3n) is 8.63. The Bertz CT molecular complexity index is 1140. The molecule has 7 nitrogen and oxygen atoms in total. The third kappa shape index (κ3) is 4.84. The topological polar surface area (TPSA) is 81.2 Å². The normalized spacial score (nSPS) is 30.9. The van der Waals surface area contributed by atoms with Gasteiger partial charge in [0.1, 0.15) is 6.04 Å². The number of nitrogens with zero attached hydrogens (tertiary/aromatic N) is 3. The summed E-state index contributed by atoms with van der Waals surface area (Å²) < 4.78 is -0.854. The molecule has 1 spiro atoms. The lowest BCUT2D eigenvalue weighted by Crippen LogP contribution is -2.56. The number of fused-ring (bicyclic) bond motifs is 2. The van der Waals surface area contributed by atoms with Crippen LogP contribution in [-0.4, -0.2) is 80.9 Å². The lowest BCUT2D eigenvalue weighted by molar-refractivity contribution is -0.146. The Hall–Kier alpha value is -2.58. The third-order valence-corrected chi connectivity index (χ3v) is 10.4. The summed E-state index contributed by atoms with van der Waals surface area (Å²) in [7, 11) is 0. The molecule has 8 heteroatoms. The highest BCUT2D eigenvalue weighted by Gasteiger charge is 2.71. The van der Waals surface area contributed by atoms with Gasteiger partial charge in [-0.2, -0.15) is 0 Å². The maximum Gasteiger partial charge on any atom is 0.247 e. The van der Waals surface area contributed by atoms with Crippen molar-refractivity contribution in [2.75, 3.05) is 31.1 Å². The van der Waals surface area contributed by atoms with Gasteiger partial charge < -0.3 is 19.8 Å². The number of likely N-dealkylation sites (tertiary alicyclic amines) is 1. The molecule has 210 valence electrons. The summed E-state index contributed by atoms with van der Waals surface area (Å²) in [6, 6.07) is 8.37. The molecule has 3 amide bonds. The number of rotatable bonds is 9. The van der Waals surface area contributed by atoms with Gasteiger partial charge in [-0.05, 0) is 30.9 Å². The van der Waals surface area contributed by atoms with Crippen molar-refractivity contribution in [3.05, 3.63) is 54.6 Å². The predicted molar refractivity (Wildman–Crippen MR) is 155 cm³/mol. The SMILES string of the molecule is CCCCCN1CC=C[C@]23S[C@H]4C=CCN(c5ccccc5)C(=O)[C@H]4[C@H]2C(=O)N([C@@H](CO)CC(C)C)C3C1=O. The highest BCUT2D eigenvalue weighted by Crippen LogP contribution is 2.61. The first-order chi connectivity index (χ1) is 18.8. The molecular weight excluding hydrogens is 510 g/mol. The van der Waals surface area contributed by atoms with Crippen LogP contribution in [0.1, 0.15) is 46.5 Å². The van der Waals surface area contributed by atoms with Crippen LogP contribution in [0.4, 0.5) is 5.69 Å². The number of hydrogen-bond acceptors (Lipinski definition) is 5. The molecule has 0 aliphatic carbocycles. The van der Waals surface area contributed by atoms with E-state index in [1.54, 1.807) is 21.6 Å². The second-order valence-corrected chi connectivity index (χ2v) is 13.1. The summed E-state index contributed by atoms with van der Waals surface area (Å²) in [6.07, 6.45) is 11.8. The van der Waals surface area contributed by atoms with Crippen molar-refractivity contribution in [3.8, 4) is 0 Å². The molecule has 1 N–H and O–H groups in total. The first-order valence-electron chi connectivity index (χ1n) is 14.4. The van der Waals surface area contributed by atoms with E-state index < -0.39 is 28.7 Å². The van der Waals surface area contributed by atoms with E-state index in [1.165, 1.54) is 0 Å². The molecule has 0 radical (unpaired) electrons. The molecule has 4 aliphatic rings. The van der Waals surface area contributed by atoms with Crippen LogP contribution in [0.25, 0.3) is 0 Å². The number of anilines is 1. The fourth-order valence-corrected chi connectivity index (χ4v) is 8.92. The minimum Gasteiger partial charge on any atom is -0.394 e. The van der Waals surface area contributed by atoms with Crippen LogP contribution in [0, 0.1) is 17.8 Å². The lowest BCUT2D eigenvalue weighted by atomic mass is 9.78. The summed E-state index contributed by atoms with van der Waals surface area (Å²) in [4.78, 5) is 48.4. The number of unbranched alkanes of at least 4 members (excludes halogenated alkanes) is 2.